The normalized spacial score (nSPS) is 21.8. The van der Waals surface area contributed by atoms with Gasteiger partial charge in [0.2, 0.25) is 0 Å². The van der Waals surface area contributed by atoms with Gasteiger partial charge in [0.15, 0.2) is 0 Å². The van der Waals surface area contributed by atoms with Crippen molar-refractivity contribution in [1.82, 2.24) is 4.90 Å². The number of aliphatic carboxylic acids is 1. The molecule has 6 heteroatoms. The quantitative estimate of drug-likeness (QED) is 0.726. The molecule has 5 nitrogen and oxygen atoms in total. The zero-order valence-corrected chi connectivity index (χ0v) is 15.7. The smallest absolute Gasteiger partial charge is 0.410 e. The van der Waals surface area contributed by atoms with Gasteiger partial charge in [-0.1, -0.05) is 12.1 Å². The molecule has 126 valence electrons. The molecule has 0 aromatic heterocycles. The Labute approximate surface area is 150 Å². The number of nitrogens with zero attached hydrogens (tertiary/aromatic N) is 1. The minimum Gasteiger partial charge on any atom is -0.481 e. The van der Waals surface area contributed by atoms with Crippen molar-refractivity contribution in [2.24, 2.45) is 5.92 Å². The molecule has 0 bridgehead atoms. The minimum atomic E-state index is -0.808. The summed E-state index contributed by atoms with van der Waals surface area (Å²) in [7, 11) is 0. The number of rotatable bonds is 2. The van der Waals surface area contributed by atoms with Gasteiger partial charge in [-0.25, -0.2) is 4.79 Å². The molecule has 0 spiro atoms. The van der Waals surface area contributed by atoms with Crippen LogP contribution < -0.4 is 0 Å². The second-order valence-corrected chi connectivity index (χ2v) is 8.06. The molecular weight excluding hydrogens is 409 g/mol. The van der Waals surface area contributed by atoms with Crippen LogP contribution in [0.25, 0.3) is 0 Å². The van der Waals surface area contributed by atoms with E-state index in [9.17, 15) is 14.7 Å². The molecule has 1 fully saturated rings. The number of halogens is 1. The van der Waals surface area contributed by atoms with Gasteiger partial charge in [-0.3, -0.25) is 4.79 Å². The third kappa shape index (κ3) is 4.83. The standard InChI is InChI=1S/C17H22INO4/c1-17(2,3)23-16(22)19-9-8-13(15(20)21)14(10-19)11-4-6-12(18)7-5-11/h4-7,13-14H,8-10H2,1-3H3,(H,20,21). The molecule has 23 heavy (non-hydrogen) atoms. The molecule has 1 aromatic carbocycles. The summed E-state index contributed by atoms with van der Waals surface area (Å²) >= 11 is 2.21. The lowest BCUT2D eigenvalue weighted by atomic mass is 9.81. The zero-order chi connectivity index (χ0) is 17.2. The van der Waals surface area contributed by atoms with E-state index in [0.717, 1.165) is 9.13 Å². The molecule has 1 aliphatic rings. The molecular formula is C17H22INO4. The van der Waals surface area contributed by atoms with Crippen LogP contribution >= 0.6 is 22.6 Å². The monoisotopic (exact) mass is 431 g/mol. The second-order valence-electron chi connectivity index (χ2n) is 6.82. The van der Waals surface area contributed by atoms with E-state index in [1.54, 1.807) is 4.90 Å². The molecule has 1 aromatic rings. The summed E-state index contributed by atoms with van der Waals surface area (Å²) in [6.07, 6.45) is 0.0578. The van der Waals surface area contributed by atoms with Gasteiger partial charge >= 0.3 is 12.1 Å². The van der Waals surface area contributed by atoms with Crippen molar-refractivity contribution in [2.45, 2.75) is 38.7 Å². The number of carbonyl (C=O) groups excluding carboxylic acids is 1. The Balaban J connectivity index is 2.19. The van der Waals surface area contributed by atoms with Gasteiger partial charge < -0.3 is 14.7 Å². The average molecular weight is 431 g/mol. The number of likely N-dealkylation sites (tertiary alicyclic amines) is 1. The van der Waals surface area contributed by atoms with Crippen LogP contribution in [0, 0.1) is 9.49 Å². The summed E-state index contributed by atoms with van der Waals surface area (Å²) in [5.41, 5.74) is 0.394. The lowest BCUT2D eigenvalue weighted by Crippen LogP contribution is -2.46. The molecule has 2 unspecified atom stereocenters. The molecule has 1 N–H and O–H groups in total. The molecule has 2 rings (SSSR count). The molecule has 1 aliphatic heterocycles. The van der Waals surface area contributed by atoms with Gasteiger partial charge in [0, 0.05) is 22.6 Å². The Morgan fingerprint density at radius 1 is 1.26 bits per heavy atom. The summed E-state index contributed by atoms with van der Waals surface area (Å²) in [6, 6.07) is 7.81. The number of carboxylic acids is 1. The highest BCUT2D eigenvalue weighted by Gasteiger charge is 2.37. The van der Waals surface area contributed by atoms with E-state index in [1.807, 2.05) is 45.0 Å². The Morgan fingerprint density at radius 3 is 2.39 bits per heavy atom. The fraction of sp³-hybridized carbons (Fsp3) is 0.529. The van der Waals surface area contributed by atoms with Crippen molar-refractivity contribution in [3.05, 3.63) is 33.4 Å². The van der Waals surface area contributed by atoms with Gasteiger partial charge in [-0.2, -0.15) is 0 Å². The van der Waals surface area contributed by atoms with Gasteiger partial charge in [0.25, 0.3) is 0 Å². The first kappa shape index (κ1) is 18.0. The lowest BCUT2D eigenvalue weighted by Gasteiger charge is -2.37. The predicted molar refractivity (Wildman–Crippen MR) is 95.4 cm³/mol. The van der Waals surface area contributed by atoms with Crippen molar-refractivity contribution < 1.29 is 19.4 Å². The largest absolute Gasteiger partial charge is 0.481 e. The number of benzene rings is 1. The maximum absolute atomic E-state index is 12.3. The van der Waals surface area contributed by atoms with E-state index < -0.39 is 17.5 Å². The highest BCUT2D eigenvalue weighted by Crippen LogP contribution is 2.33. The number of piperidine rings is 1. The third-order valence-electron chi connectivity index (χ3n) is 3.88. The van der Waals surface area contributed by atoms with Crippen molar-refractivity contribution >= 4 is 34.7 Å². The summed E-state index contributed by atoms with van der Waals surface area (Å²) in [6.45, 7) is 6.25. The first-order valence-corrected chi connectivity index (χ1v) is 8.71. The van der Waals surface area contributed by atoms with E-state index in [-0.39, 0.29) is 12.0 Å². The number of amides is 1. The van der Waals surface area contributed by atoms with Crippen LogP contribution in [0.3, 0.4) is 0 Å². The Kier molecular flexibility index (Phi) is 5.54. The molecule has 0 radical (unpaired) electrons. The van der Waals surface area contributed by atoms with Crippen LogP contribution in [-0.2, 0) is 9.53 Å². The van der Waals surface area contributed by atoms with Crippen molar-refractivity contribution in [3.8, 4) is 0 Å². The molecule has 0 saturated carbocycles. The van der Waals surface area contributed by atoms with Gasteiger partial charge in [0.05, 0.1) is 5.92 Å². The first-order valence-electron chi connectivity index (χ1n) is 7.63. The third-order valence-corrected chi connectivity index (χ3v) is 4.60. The fourth-order valence-corrected chi connectivity index (χ4v) is 3.15. The summed E-state index contributed by atoms with van der Waals surface area (Å²) in [5, 5.41) is 9.50. The van der Waals surface area contributed by atoms with Crippen molar-refractivity contribution in [3.63, 3.8) is 0 Å². The van der Waals surface area contributed by atoms with Crippen LogP contribution in [0.5, 0.6) is 0 Å². The van der Waals surface area contributed by atoms with E-state index in [4.69, 9.17) is 4.74 Å². The van der Waals surface area contributed by atoms with Gasteiger partial charge in [0.1, 0.15) is 5.60 Å². The van der Waals surface area contributed by atoms with Crippen LogP contribution in [-0.4, -0.2) is 40.8 Å². The number of carboxylic acid groups (broad SMARTS) is 1. The minimum absolute atomic E-state index is 0.217. The highest BCUT2D eigenvalue weighted by atomic mass is 127. The van der Waals surface area contributed by atoms with Crippen molar-refractivity contribution in [2.75, 3.05) is 13.1 Å². The number of hydrogen-bond donors (Lipinski definition) is 1. The Hall–Kier alpha value is -1.31. The Morgan fingerprint density at radius 2 is 1.87 bits per heavy atom. The average Bonchev–Trinajstić information content (AvgIpc) is 2.45. The summed E-state index contributed by atoms with van der Waals surface area (Å²) < 4.78 is 6.51. The topological polar surface area (TPSA) is 66.8 Å². The fourth-order valence-electron chi connectivity index (χ4n) is 2.79. The van der Waals surface area contributed by atoms with E-state index >= 15 is 0 Å². The van der Waals surface area contributed by atoms with Gasteiger partial charge in [-0.05, 0) is 67.5 Å². The second kappa shape index (κ2) is 7.07. The van der Waals surface area contributed by atoms with Gasteiger partial charge in [-0.15, -0.1) is 0 Å². The molecule has 1 heterocycles. The lowest BCUT2D eigenvalue weighted by molar-refractivity contribution is -0.144. The number of hydrogen-bond acceptors (Lipinski definition) is 3. The molecule has 0 aliphatic carbocycles. The first-order chi connectivity index (χ1) is 10.7. The molecule has 2 atom stereocenters. The SMILES string of the molecule is CC(C)(C)OC(=O)N1CCC(C(=O)O)C(c2ccc(I)cc2)C1. The molecule has 1 amide bonds. The summed E-state index contributed by atoms with van der Waals surface area (Å²) in [4.78, 5) is 25.5. The predicted octanol–water partition coefficient (Wildman–Crippen LogP) is 3.72. The Bertz CT molecular complexity index is 579. The zero-order valence-electron chi connectivity index (χ0n) is 13.6. The number of ether oxygens (including phenoxy) is 1. The number of carbonyl (C=O) groups is 2. The van der Waals surface area contributed by atoms with E-state index in [0.29, 0.717) is 19.5 Å². The van der Waals surface area contributed by atoms with Crippen LogP contribution in [0.2, 0.25) is 0 Å². The maximum Gasteiger partial charge on any atom is 0.410 e. The summed E-state index contributed by atoms with van der Waals surface area (Å²) in [5.74, 6) is -1.50. The van der Waals surface area contributed by atoms with E-state index in [1.165, 1.54) is 0 Å². The van der Waals surface area contributed by atoms with E-state index in [2.05, 4.69) is 22.6 Å². The molecule has 1 saturated heterocycles. The van der Waals surface area contributed by atoms with Crippen molar-refractivity contribution in [1.29, 1.82) is 0 Å². The maximum atomic E-state index is 12.3. The van der Waals surface area contributed by atoms with Crippen LogP contribution in [0.4, 0.5) is 4.79 Å². The highest BCUT2D eigenvalue weighted by molar-refractivity contribution is 14.1. The van der Waals surface area contributed by atoms with Crippen LogP contribution in [0.1, 0.15) is 38.7 Å². The van der Waals surface area contributed by atoms with Crippen LogP contribution in [0.15, 0.2) is 24.3 Å².